The first-order valence-corrected chi connectivity index (χ1v) is 11.1. The fourth-order valence-corrected chi connectivity index (χ4v) is 3.92. The molecule has 0 atom stereocenters. The minimum atomic E-state index is -0.234. The second kappa shape index (κ2) is 10.1. The molecule has 0 saturated heterocycles. The highest BCUT2D eigenvalue weighted by Crippen LogP contribution is 2.29. The molecule has 0 bridgehead atoms. The maximum Gasteiger partial charge on any atom is 0.250 e. The number of hydrazone groups is 1. The quantitative estimate of drug-likeness (QED) is 0.235. The summed E-state index contributed by atoms with van der Waals surface area (Å²) in [6.45, 7) is 0. The molecule has 4 aromatic rings. The zero-order valence-corrected chi connectivity index (χ0v) is 18.6. The van der Waals surface area contributed by atoms with E-state index in [4.69, 9.17) is 0 Å². The Morgan fingerprint density at radius 3 is 2.65 bits per heavy atom. The van der Waals surface area contributed by atoms with Crippen LogP contribution < -0.4 is 5.43 Å². The summed E-state index contributed by atoms with van der Waals surface area (Å²) in [6, 6.07) is 21.3. The molecule has 4 rings (SSSR count). The van der Waals surface area contributed by atoms with E-state index in [1.54, 1.807) is 30.7 Å². The summed E-state index contributed by atoms with van der Waals surface area (Å²) in [5, 5.41) is 13.3. The van der Waals surface area contributed by atoms with E-state index in [0.29, 0.717) is 11.0 Å². The van der Waals surface area contributed by atoms with Crippen LogP contribution in [0, 0.1) is 0 Å². The number of nitrogens with one attached hydrogen (secondary N) is 1. The lowest BCUT2D eigenvalue weighted by Crippen LogP contribution is -2.20. The predicted molar refractivity (Wildman–Crippen MR) is 125 cm³/mol. The normalized spacial score (nSPS) is 11.0. The van der Waals surface area contributed by atoms with Gasteiger partial charge in [-0.2, -0.15) is 5.10 Å². The molecular weight excluding hydrogens is 476 g/mol. The van der Waals surface area contributed by atoms with Gasteiger partial charge in [0.15, 0.2) is 11.0 Å². The Labute approximate surface area is 191 Å². The van der Waals surface area contributed by atoms with Crippen LogP contribution in [0.3, 0.4) is 0 Å². The first kappa shape index (κ1) is 21.0. The Kier molecular flexibility index (Phi) is 6.85. The monoisotopic (exact) mass is 492 g/mol. The Bertz CT molecular complexity index is 1200. The molecule has 2 aromatic carbocycles. The maximum absolute atomic E-state index is 12.3. The maximum atomic E-state index is 12.3. The van der Waals surface area contributed by atoms with Gasteiger partial charge in [-0.25, -0.2) is 5.43 Å². The van der Waals surface area contributed by atoms with Gasteiger partial charge in [-0.1, -0.05) is 58.0 Å². The first-order valence-electron chi connectivity index (χ1n) is 9.32. The molecular formula is C22H17BrN6OS. The van der Waals surface area contributed by atoms with Crippen molar-refractivity contribution in [1.29, 1.82) is 0 Å². The topological polar surface area (TPSA) is 85.1 Å². The minimum absolute atomic E-state index is 0.150. The van der Waals surface area contributed by atoms with Crippen LogP contribution in [0.4, 0.5) is 0 Å². The Morgan fingerprint density at radius 1 is 1.06 bits per heavy atom. The van der Waals surface area contributed by atoms with Crippen LogP contribution in [0.25, 0.3) is 17.1 Å². The Balaban J connectivity index is 1.52. The van der Waals surface area contributed by atoms with Crippen molar-refractivity contribution in [2.24, 2.45) is 5.10 Å². The van der Waals surface area contributed by atoms with Gasteiger partial charge < -0.3 is 0 Å². The van der Waals surface area contributed by atoms with Crippen molar-refractivity contribution in [3.63, 3.8) is 0 Å². The van der Waals surface area contributed by atoms with Gasteiger partial charge in [-0.05, 0) is 42.0 Å². The molecule has 9 heteroatoms. The fourth-order valence-electron chi connectivity index (χ4n) is 2.78. The van der Waals surface area contributed by atoms with Gasteiger partial charge in [0.2, 0.25) is 0 Å². The smallest absolute Gasteiger partial charge is 0.250 e. The van der Waals surface area contributed by atoms with Crippen LogP contribution in [-0.2, 0) is 4.79 Å². The molecule has 0 radical (unpaired) electrons. The molecule has 0 saturated carbocycles. The number of halogens is 1. The molecule has 2 heterocycles. The lowest BCUT2D eigenvalue weighted by molar-refractivity contribution is -0.118. The second-order valence-corrected chi connectivity index (χ2v) is 8.21. The number of pyridine rings is 1. The molecule has 2 aromatic heterocycles. The van der Waals surface area contributed by atoms with Crippen molar-refractivity contribution in [3.8, 4) is 17.1 Å². The average Bonchev–Trinajstić information content (AvgIpc) is 3.23. The van der Waals surface area contributed by atoms with E-state index >= 15 is 0 Å². The van der Waals surface area contributed by atoms with E-state index in [1.807, 2.05) is 59.2 Å². The van der Waals surface area contributed by atoms with Crippen LogP contribution in [0.1, 0.15) is 5.56 Å². The Hall–Kier alpha value is -3.30. The number of hydrogen-bond acceptors (Lipinski definition) is 6. The minimum Gasteiger partial charge on any atom is -0.272 e. The number of amides is 1. The summed E-state index contributed by atoms with van der Waals surface area (Å²) in [5.41, 5.74) is 5.22. The largest absolute Gasteiger partial charge is 0.272 e. The molecule has 1 amide bonds. The number of nitrogens with zero attached hydrogens (tertiary/aromatic N) is 5. The molecule has 0 aliphatic rings. The second-order valence-electron chi connectivity index (χ2n) is 6.35. The average molecular weight is 493 g/mol. The molecule has 0 spiro atoms. The van der Waals surface area contributed by atoms with Crippen molar-refractivity contribution in [1.82, 2.24) is 25.2 Å². The standard InChI is InChI=1S/C22H17BrN6OS/c23-18-6-4-5-17(13-18)21-27-28-22(29(21)19-7-2-1-3-8-19)31-15-20(30)26-25-14-16-9-11-24-12-10-16/h1-14H,15H2,(H,26,30). The number of thioether (sulfide) groups is 1. The van der Waals surface area contributed by atoms with Gasteiger partial charge in [0.25, 0.3) is 5.91 Å². The third-order valence-electron chi connectivity index (χ3n) is 4.17. The van der Waals surface area contributed by atoms with Gasteiger partial charge in [0, 0.05) is 28.1 Å². The van der Waals surface area contributed by atoms with Crippen LogP contribution in [0.5, 0.6) is 0 Å². The molecule has 0 unspecified atom stereocenters. The number of rotatable bonds is 7. The van der Waals surface area contributed by atoms with E-state index in [9.17, 15) is 4.79 Å². The zero-order valence-electron chi connectivity index (χ0n) is 16.2. The van der Waals surface area contributed by atoms with Gasteiger partial charge in [0.05, 0.1) is 12.0 Å². The van der Waals surface area contributed by atoms with E-state index in [2.05, 4.69) is 41.6 Å². The number of aromatic nitrogens is 4. The van der Waals surface area contributed by atoms with E-state index in [1.165, 1.54) is 11.8 Å². The van der Waals surface area contributed by atoms with Gasteiger partial charge in [-0.15, -0.1) is 10.2 Å². The summed E-state index contributed by atoms with van der Waals surface area (Å²) >= 11 is 4.80. The highest BCUT2D eigenvalue weighted by Gasteiger charge is 2.17. The third kappa shape index (κ3) is 5.44. The SMILES string of the molecule is O=C(CSc1nnc(-c2cccc(Br)c2)n1-c1ccccc1)NN=Cc1ccncc1. The lowest BCUT2D eigenvalue weighted by Gasteiger charge is -2.10. The van der Waals surface area contributed by atoms with E-state index in [0.717, 1.165) is 21.3 Å². The number of benzene rings is 2. The van der Waals surface area contributed by atoms with Crippen LogP contribution in [0.2, 0.25) is 0 Å². The number of para-hydroxylation sites is 1. The predicted octanol–water partition coefficient (Wildman–Crippen LogP) is 4.33. The molecule has 0 aliphatic carbocycles. The van der Waals surface area contributed by atoms with E-state index < -0.39 is 0 Å². The number of carbonyl (C=O) groups is 1. The zero-order chi connectivity index (χ0) is 21.5. The summed E-state index contributed by atoms with van der Waals surface area (Å²) in [4.78, 5) is 16.2. The molecule has 0 fully saturated rings. The van der Waals surface area contributed by atoms with Crippen molar-refractivity contribution in [3.05, 3.63) is 89.2 Å². The van der Waals surface area contributed by atoms with Gasteiger partial charge in [0.1, 0.15) is 0 Å². The van der Waals surface area contributed by atoms with Crippen molar-refractivity contribution >= 4 is 39.8 Å². The van der Waals surface area contributed by atoms with Gasteiger partial charge in [-0.3, -0.25) is 14.3 Å². The molecule has 0 aliphatic heterocycles. The summed E-state index contributed by atoms with van der Waals surface area (Å²) in [5.74, 6) is 0.616. The third-order valence-corrected chi connectivity index (χ3v) is 5.59. The van der Waals surface area contributed by atoms with Crippen molar-refractivity contribution < 1.29 is 4.79 Å². The van der Waals surface area contributed by atoms with Crippen LogP contribution >= 0.6 is 27.7 Å². The fraction of sp³-hybridized carbons (Fsp3) is 0.0455. The molecule has 154 valence electrons. The molecule has 31 heavy (non-hydrogen) atoms. The van der Waals surface area contributed by atoms with Gasteiger partial charge >= 0.3 is 0 Å². The lowest BCUT2D eigenvalue weighted by atomic mass is 10.2. The number of hydrogen-bond donors (Lipinski definition) is 1. The summed E-state index contributed by atoms with van der Waals surface area (Å²) in [6.07, 6.45) is 4.90. The van der Waals surface area contributed by atoms with Crippen LogP contribution in [-0.4, -0.2) is 37.6 Å². The van der Waals surface area contributed by atoms with Crippen molar-refractivity contribution in [2.45, 2.75) is 5.16 Å². The highest BCUT2D eigenvalue weighted by atomic mass is 79.9. The number of carbonyl (C=O) groups excluding carboxylic acids is 1. The Morgan fingerprint density at radius 2 is 1.87 bits per heavy atom. The molecule has 1 N–H and O–H groups in total. The first-order chi connectivity index (χ1) is 15.2. The summed E-state index contributed by atoms with van der Waals surface area (Å²) in [7, 11) is 0. The van der Waals surface area contributed by atoms with Crippen molar-refractivity contribution in [2.75, 3.05) is 5.75 Å². The summed E-state index contributed by atoms with van der Waals surface area (Å²) < 4.78 is 2.90. The molecule has 7 nitrogen and oxygen atoms in total. The highest BCUT2D eigenvalue weighted by molar-refractivity contribution is 9.10. The van der Waals surface area contributed by atoms with E-state index in [-0.39, 0.29) is 11.7 Å². The van der Waals surface area contributed by atoms with Crippen LogP contribution in [0.15, 0.2) is 93.9 Å².